The summed E-state index contributed by atoms with van der Waals surface area (Å²) in [6.07, 6.45) is 13.1. The van der Waals surface area contributed by atoms with Gasteiger partial charge in [0.1, 0.15) is 0 Å². The Morgan fingerprint density at radius 3 is 2.82 bits per heavy atom. The van der Waals surface area contributed by atoms with E-state index in [1.165, 1.54) is 18.4 Å². The molecule has 0 spiro atoms. The van der Waals surface area contributed by atoms with Crippen molar-refractivity contribution in [3.63, 3.8) is 0 Å². The standard InChI is InChI=1S/C14H21O2.Li/c1-12(11-13-5-2-3-6-13)7-8-14-15-9-4-10-16-14;/h2-3,12,14H,4-5,7-11H2,1H3;/q-1;+1. The second-order valence-corrected chi connectivity index (χ2v) is 4.77. The third kappa shape index (κ3) is 5.44. The van der Waals surface area contributed by atoms with E-state index in [2.05, 4.69) is 19.1 Å². The van der Waals surface area contributed by atoms with Crippen LogP contribution in [0.4, 0.5) is 0 Å². The molecule has 3 heteroatoms. The quantitative estimate of drug-likeness (QED) is 0.496. The zero-order valence-electron chi connectivity index (χ0n) is 11.1. The Morgan fingerprint density at radius 2 is 2.18 bits per heavy atom. The summed E-state index contributed by atoms with van der Waals surface area (Å²) in [6.45, 7) is 4.03. The Kier molecular flexibility index (Phi) is 7.23. The molecule has 17 heavy (non-hydrogen) atoms. The summed E-state index contributed by atoms with van der Waals surface area (Å²) in [5.41, 5.74) is 1.44. The van der Waals surface area contributed by atoms with Gasteiger partial charge in [-0.2, -0.15) is 5.57 Å². The number of hydrogen-bond acceptors (Lipinski definition) is 2. The SMILES string of the molecule is CC(CCC1OCCCO1)CC1=[C-]C=CC1.[Li+]. The molecule has 1 saturated heterocycles. The molecular formula is C14H21LiO2. The zero-order chi connectivity index (χ0) is 11.2. The molecule has 0 amide bonds. The first-order chi connectivity index (χ1) is 7.84. The van der Waals surface area contributed by atoms with Crippen LogP contribution in [-0.2, 0) is 9.47 Å². The second kappa shape index (κ2) is 8.16. The molecule has 0 aromatic carbocycles. The average molecular weight is 228 g/mol. The van der Waals surface area contributed by atoms with Crippen molar-refractivity contribution in [1.82, 2.24) is 0 Å². The van der Waals surface area contributed by atoms with Crippen LogP contribution in [0, 0.1) is 12.0 Å². The van der Waals surface area contributed by atoms with Gasteiger partial charge in [0.15, 0.2) is 6.29 Å². The molecule has 0 radical (unpaired) electrons. The Morgan fingerprint density at radius 1 is 1.41 bits per heavy atom. The van der Waals surface area contributed by atoms with Crippen molar-refractivity contribution in [3.05, 3.63) is 23.8 Å². The monoisotopic (exact) mass is 228 g/mol. The summed E-state index contributed by atoms with van der Waals surface area (Å²) in [6, 6.07) is 0. The summed E-state index contributed by atoms with van der Waals surface area (Å²) >= 11 is 0. The Balaban J connectivity index is 0.00000144. The van der Waals surface area contributed by atoms with Crippen LogP contribution < -0.4 is 18.9 Å². The molecule has 0 aromatic rings. The van der Waals surface area contributed by atoms with Crippen LogP contribution in [-0.4, -0.2) is 19.5 Å². The molecule has 2 rings (SSSR count). The number of ether oxygens (including phenoxy) is 2. The second-order valence-electron chi connectivity index (χ2n) is 4.77. The zero-order valence-corrected chi connectivity index (χ0v) is 11.1. The van der Waals surface area contributed by atoms with Crippen molar-refractivity contribution >= 4 is 0 Å². The van der Waals surface area contributed by atoms with E-state index in [1.807, 2.05) is 6.08 Å². The van der Waals surface area contributed by atoms with E-state index >= 15 is 0 Å². The number of rotatable bonds is 5. The Hall–Kier alpha value is -0.00260. The fourth-order valence-electron chi connectivity index (χ4n) is 2.23. The van der Waals surface area contributed by atoms with Crippen LogP contribution in [0.25, 0.3) is 0 Å². The molecule has 0 bridgehead atoms. The van der Waals surface area contributed by atoms with Crippen LogP contribution in [0.15, 0.2) is 17.7 Å². The topological polar surface area (TPSA) is 18.5 Å². The molecule has 2 nitrogen and oxygen atoms in total. The minimum atomic E-state index is 0. The van der Waals surface area contributed by atoms with Crippen molar-refractivity contribution in [3.8, 4) is 0 Å². The van der Waals surface area contributed by atoms with Crippen molar-refractivity contribution in [2.24, 2.45) is 5.92 Å². The third-order valence-corrected chi connectivity index (χ3v) is 3.16. The van der Waals surface area contributed by atoms with E-state index in [9.17, 15) is 0 Å². The summed E-state index contributed by atoms with van der Waals surface area (Å²) in [4.78, 5) is 0. The molecule has 1 aliphatic heterocycles. The van der Waals surface area contributed by atoms with Crippen LogP contribution in [0.5, 0.6) is 0 Å². The normalized spacial score (nSPS) is 22.1. The van der Waals surface area contributed by atoms with Gasteiger partial charge in [-0.15, -0.1) is 0 Å². The van der Waals surface area contributed by atoms with Crippen LogP contribution >= 0.6 is 0 Å². The van der Waals surface area contributed by atoms with Gasteiger partial charge in [0.2, 0.25) is 0 Å². The van der Waals surface area contributed by atoms with Crippen molar-refractivity contribution in [2.75, 3.05) is 13.2 Å². The minimum absolute atomic E-state index is 0. The van der Waals surface area contributed by atoms with Crippen LogP contribution in [0.2, 0.25) is 0 Å². The maximum absolute atomic E-state index is 5.54. The van der Waals surface area contributed by atoms with E-state index in [0.29, 0.717) is 5.92 Å². The minimum Gasteiger partial charge on any atom is -0.353 e. The fraction of sp³-hybridized carbons (Fsp3) is 0.714. The molecule has 0 aromatic heterocycles. The molecule has 1 fully saturated rings. The molecule has 90 valence electrons. The Bertz CT molecular complexity index is 267. The summed E-state index contributed by atoms with van der Waals surface area (Å²) in [5.74, 6) is 0.705. The fourth-order valence-corrected chi connectivity index (χ4v) is 2.23. The predicted molar refractivity (Wildman–Crippen MR) is 63.8 cm³/mol. The predicted octanol–water partition coefficient (Wildman–Crippen LogP) is 0.249. The van der Waals surface area contributed by atoms with Crippen molar-refractivity contribution in [2.45, 2.75) is 45.3 Å². The number of allylic oxidation sites excluding steroid dienone is 4. The molecular weight excluding hydrogens is 207 g/mol. The van der Waals surface area contributed by atoms with E-state index in [-0.39, 0.29) is 25.2 Å². The van der Waals surface area contributed by atoms with Gasteiger partial charge in [-0.3, -0.25) is 6.08 Å². The maximum atomic E-state index is 5.54. The molecule has 2 aliphatic rings. The summed E-state index contributed by atoms with van der Waals surface area (Å²) in [7, 11) is 0. The van der Waals surface area contributed by atoms with Gasteiger partial charge in [-0.1, -0.05) is 13.3 Å². The molecule has 1 heterocycles. The number of hydrogen-bond donors (Lipinski definition) is 0. The molecule has 1 aliphatic carbocycles. The molecule has 1 unspecified atom stereocenters. The van der Waals surface area contributed by atoms with E-state index in [1.54, 1.807) is 0 Å². The van der Waals surface area contributed by atoms with Gasteiger partial charge in [0.05, 0.1) is 13.2 Å². The first kappa shape index (κ1) is 15.1. The van der Waals surface area contributed by atoms with Gasteiger partial charge in [0.25, 0.3) is 0 Å². The van der Waals surface area contributed by atoms with Crippen molar-refractivity contribution in [1.29, 1.82) is 0 Å². The van der Waals surface area contributed by atoms with E-state index < -0.39 is 0 Å². The van der Waals surface area contributed by atoms with E-state index in [4.69, 9.17) is 9.47 Å². The molecule has 0 N–H and O–H groups in total. The third-order valence-electron chi connectivity index (χ3n) is 3.16. The largest absolute Gasteiger partial charge is 1.00 e. The maximum Gasteiger partial charge on any atom is 1.00 e. The molecule has 1 atom stereocenters. The summed E-state index contributed by atoms with van der Waals surface area (Å²) in [5, 5.41) is 0. The Labute approximate surface area is 117 Å². The van der Waals surface area contributed by atoms with Crippen LogP contribution in [0.1, 0.15) is 39.0 Å². The first-order valence-electron chi connectivity index (χ1n) is 6.34. The van der Waals surface area contributed by atoms with Crippen molar-refractivity contribution < 1.29 is 28.3 Å². The molecule has 0 saturated carbocycles. The van der Waals surface area contributed by atoms with Gasteiger partial charge in [-0.25, -0.2) is 12.2 Å². The smallest absolute Gasteiger partial charge is 0.353 e. The first-order valence-corrected chi connectivity index (χ1v) is 6.34. The van der Waals surface area contributed by atoms with E-state index in [0.717, 1.165) is 32.5 Å². The van der Waals surface area contributed by atoms with Crippen LogP contribution in [0.3, 0.4) is 0 Å². The van der Waals surface area contributed by atoms with Gasteiger partial charge in [0, 0.05) is 0 Å². The van der Waals surface area contributed by atoms with Gasteiger partial charge < -0.3 is 9.47 Å². The summed E-state index contributed by atoms with van der Waals surface area (Å²) < 4.78 is 11.1. The van der Waals surface area contributed by atoms with Gasteiger partial charge in [-0.05, 0) is 31.6 Å². The average Bonchev–Trinajstić information content (AvgIpc) is 2.81. The van der Waals surface area contributed by atoms with Gasteiger partial charge >= 0.3 is 18.9 Å².